The van der Waals surface area contributed by atoms with Crippen LogP contribution in [0.4, 0.5) is 17.1 Å². The number of hydrogen-bond acceptors (Lipinski definition) is 2. The quantitative estimate of drug-likeness (QED) is 0.183. The Morgan fingerprint density at radius 1 is 0.529 bits per heavy atom. The molecule has 0 atom stereocenters. The molecule has 1 saturated carbocycles. The third-order valence-electron chi connectivity index (χ3n) is 11.9. The molecule has 8 aromatic rings. The van der Waals surface area contributed by atoms with Gasteiger partial charge in [-0.3, -0.25) is 0 Å². The van der Waals surface area contributed by atoms with E-state index in [1.807, 2.05) is 0 Å². The maximum absolute atomic E-state index is 6.49. The summed E-state index contributed by atoms with van der Waals surface area (Å²) in [7, 11) is 0. The number of rotatable bonds is 5. The third kappa shape index (κ3) is 4.69. The van der Waals surface area contributed by atoms with Gasteiger partial charge in [-0.15, -0.1) is 0 Å². The highest BCUT2D eigenvalue weighted by molar-refractivity contribution is 6.14. The van der Waals surface area contributed by atoms with Crippen molar-refractivity contribution in [3.05, 3.63) is 162 Å². The van der Waals surface area contributed by atoms with E-state index < -0.39 is 0 Å². The van der Waals surface area contributed by atoms with Crippen LogP contribution < -0.4 is 4.90 Å². The van der Waals surface area contributed by atoms with Crippen LogP contribution in [0.2, 0.25) is 0 Å². The van der Waals surface area contributed by atoms with Crippen molar-refractivity contribution >= 4 is 49.8 Å². The first-order valence-electron chi connectivity index (χ1n) is 18.6. The highest BCUT2D eigenvalue weighted by Gasteiger charge is 2.36. The minimum absolute atomic E-state index is 0.119. The Bertz CT molecular complexity index is 2610. The molecule has 0 radical (unpaired) electrons. The molecular formula is C49H41NO. The standard InChI is InChI=1S/C49H41NO/c1-49(2)41-24-9-6-19-36(41)37-30-29-34(31-42(37)49)50(44-26-14-28-46-48(44)40-21-8-11-27-45(40)51-46)43-25-10-7-20-38(43)39-23-13-18-33-17-12-22-35(47(33)39)32-15-4-3-5-16-32/h6-14,17-32H,3-5,15-16H2,1-2H3. The third-order valence-corrected chi connectivity index (χ3v) is 11.9. The van der Waals surface area contributed by atoms with Gasteiger partial charge in [-0.05, 0) is 99.3 Å². The smallest absolute Gasteiger partial charge is 0.137 e. The molecule has 0 saturated heterocycles. The van der Waals surface area contributed by atoms with E-state index in [1.54, 1.807) is 0 Å². The molecule has 0 spiro atoms. The molecule has 0 unspecified atom stereocenters. The first-order valence-corrected chi connectivity index (χ1v) is 18.6. The fourth-order valence-electron chi connectivity index (χ4n) is 9.43. The van der Waals surface area contributed by atoms with Crippen molar-refractivity contribution in [1.29, 1.82) is 0 Å². The minimum atomic E-state index is -0.119. The zero-order valence-electron chi connectivity index (χ0n) is 29.3. The van der Waals surface area contributed by atoms with Crippen LogP contribution >= 0.6 is 0 Å². The fraction of sp³-hybridized carbons (Fsp3) is 0.184. The van der Waals surface area contributed by atoms with Gasteiger partial charge in [0.25, 0.3) is 0 Å². The minimum Gasteiger partial charge on any atom is -0.456 e. The zero-order chi connectivity index (χ0) is 34.1. The Hall–Kier alpha value is -5.60. The van der Waals surface area contributed by atoms with E-state index in [0.717, 1.165) is 39.0 Å². The summed E-state index contributed by atoms with van der Waals surface area (Å²) in [6.45, 7) is 4.74. The van der Waals surface area contributed by atoms with E-state index >= 15 is 0 Å². The number of anilines is 3. The summed E-state index contributed by atoms with van der Waals surface area (Å²) < 4.78 is 6.49. The largest absolute Gasteiger partial charge is 0.456 e. The Labute approximate surface area is 300 Å². The maximum atomic E-state index is 6.49. The van der Waals surface area contributed by atoms with Gasteiger partial charge < -0.3 is 9.32 Å². The fourth-order valence-corrected chi connectivity index (χ4v) is 9.43. The molecule has 248 valence electrons. The van der Waals surface area contributed by atoms with Gasteiger partial charge in [0.1, 0.15) is 11.2 Å². The van der Waals surface area contributed by atoms with Gasteiger partial charge in [0.2, 0.25) is 0 Å². The molecule has 0 aliphatic heterocycles. The van der Waals surface area contributed by atoms with Gasteiger partial charge in [-0.25, -0.2) is 0 Å². The molecule has 1 aromatic heterocycles. The number of hydrogen-bond donors (Lipinski definition) is 0. The normalized spacial score (nSPS) is 15.3. The lowest BCUT2D eigenvalue weighted by Crippen LogP contribution is -2.17. The molecule has 0 bridgehead atoms. The van der Waals surface area contributed by atoms with Crippen LogP contribution in [0.1, 0.15) is 68.6 Å². The zero-order valence-corrected chi connectivity index (χ0v) is 29.3. The molecule has 7 aromatic carbocycles. The lowest BCUT2D eigenvalue weighted by molar-refractivity contribution is 0.445. The second-order valence-corrected chi connectivity index (χ2v) is 15.1. The maximum Gasteiger partial charge on any atom is 0.137 e. The monoisotopic (exact) mass is 659 g/mol. The summed E-state index contributed by atoms with van der Waals surface area (Å²) in [6, 6.07) is 53.9. The highest BCUT2D eigenvalue weighted by atomic mass is 16.3. The lowest BCUT2D eigenvalue weighted by Gasteiger charge is -2.31. The summed E-state index contributed by atoms with van der Waals surface area (Å²) in [4.78, 5) is 2.50. The Kier molecular flexibility index (Phi) is 6.96. The molecule has 2 aliphatic carbocycles. The molecule has 0 amide bonds. The van der Waals surface area contributed by atoms with E-state index in [9.17, 15) is 0 Å². The second-order valence-electron chi connectivity index (χ2n) is 15.1. The van der Waals surface area contributed by atoms with Gasteiger partial charge in [-0.1, -0.05) is 142 Å². The van der Waals surface area contributed by atoms with Crippen molar-refractivity contribution < 1.29 is 4.42 Å². The Morgan fingerprint density at radius 3 is 2.08 bits per heavy atom. The number of fused-ring (bicyclic) bond motifs is 7. The molecule has 2 aliphatic rings. The Morgan fingerprint density at radius 2 is 1.20 bits per heavy atom. The van der Waals surface area contributed by atoms with Gasteiger partial charge in [0, 0.05) is 22.1 Å². The van der Waals surface area contributed by atoms with Gasteiger partial charge in [-0.2, -0.15) is 0 Å². The van der Waals surface area contributed by atoms with E-state index in [1.165, 1.54) is 81.8 Å². The summed E-state index contributed by atoms with van der Waals surface area (Å²) in [5, 5.41) is 4.98. The van der Waals surface area contributed by atoms with Crippen molar-refractivity contribution in [2.24, 2.45) is 0 Å². The van der Waals surface area contributed by atoms with Crippen molar-refractivity contribution in [2.75, 3.05) is 4.90 Å². The first-order chi connectivity index (χ1) is 25.1. The number of para-hydroxylation sites is 2. The molecule has 1 heterocycles. The SMILES string of the molecule is CC1(C)c2ccccc2-c2ccc(N(c3ccccc3-c3cccc4cccc(C5CCCCC5)c34)c3cccc4oc5ccccc5c34)cc21. The molecule has 51 heavy (non-hydrogen) atoms. The summed E-state index contributed by atoms with van der Waals surface area (Å²) in [6.07, 6.45) is 6.51. The average molecular weight is 660 g/mol. The van der Waals surface area contributed by atoms with E-state index in [-0.39, 0.29) is 5.41 Å². The van der Waals surface area contributed by atoms with Crippen LogP contribution in [0.3, 0.4) is 0 Å². The van der Waals surface area contributed by atoms with Gasteiger partial charge in [0.05, 0.1) is 16.8 Å². The van der Waals surface area contributed by atoms with Crippen LogP contribution in [0.15, 0.2) is 150 Å². The van der Waals surface area contributed by atoms with Crippen molar-refractivity contribution in [3.63, 3.8) is 0 Å². The van der Waals surface area contributed by atoms with Crippen LogP contribution in [0, 0.1) is 0 Å². The van der Waals surface area contributed by atoms with Gasteiger partial charge >= 0.3 is 0 Å². The molecule has 10 rings (SSSR count). The topological polar surface area (TPSA) is 16.4 Å². The molecule has 2 heteroatoms. The molecule has 1 fully saturated rings. The van der Waals surface area contributed by atoms with Gasteiger partial charge in [0.15, 0.2) is 0 Å². The van der Waals surface area contributed by atoms with E-state index in [2.05, 4.69) is 164 Å². The average Bonchev–Trinajstić information content (AvgIpc) is 3.67. The number of furan rings is 1. The Balaban J connectivity index is 1.26. The van der Waals surface area contributed by atoms with Crippen molar-refractivity contribution in [1.82, 2.24) is 0 Å². The molecule has 0 N–H and O–H groups in total. The molecular weight excluding hydrogens is 619 g/mol. The predicted octanol–water partition coefficient (Wildman–Crippen LogP) is 14.2. The highest BCUT2D eigenvalue weighted by Crippen LogP contribution is 2.53. The van der Waals surface area contributed by atoms with Crippen LogP contribution in [-0.2, 0) is 5.41 Å². The van der Waals surface area contributed by atoms with Crippen LogP contribution in [0.5, 0.6) is 0 Å². The van der Waals surface area contributed by atoms with Crippen LogP contribution in [0.25, 0.3) is 55.0 Å². The predicted molar refractivity (Wildman–Crippen MR) is 215 cm³/mol. The summed E-state index contributed by atoms with van der Waals surface area (Å²) >= 11 is 0. The van der Waals surface area contributed by atoms with E-state index in [0.29, 0.717) is 5.92 Å². The summed E-state index contributed by atoms with van der Waals surface area (Å²) in [5.41, 5.74) is 14.6. The van der Waals surface area contributed by atoms with Crippen molar-refractivity contribution in [3.8, 4) is 22.3 Å². The second kappa shape index (κ2) is 11.7. The molecule has 2 nitrogen and oxygen atoms in total. The number of nitrogens with zero attached hydrogens (tertiary/aromatic N) is 1. The lowest BCUT2D eigenvalue weighted by atomic mass is 9.80. The van der Waals surface area contributed by atoms with E-state index in [4.69, 9.17) is 4.42 Å². The number of benzene rings is 7. The van der Waals surface area contributed by atoms with Crippen molar-refractivity contribution in [2.45, 2.75) is 57.3 Å². The van der Waals surface area contributed by atoms with Crippen LogP contribution in [-0.4, -0.2) is 0 Å². The first kappa shape index (κ1) is 30.2. The summed E-state index contributed by atoms with van der Waals surface area (Å²) in [5.74, 6) is 0.596.